The molecule has 1 saturated carbocycles. The van der Waals surface area contributed by atoms with Crippen LogP contribution in [0.2, 0.25) is 0 Å². The number of rotatable bonds is 13. The van der Waals surface area contributed by atoms with E-state index in [9.17, 15) is 19.8 Å². The second-order valence-electron chi connectivity index (χ2n) is 7.84. The number of carboxylic acid groups (broad SMARTS) is 1. The number of ketones is 1. The van der Waals surface area contributed by atoms with Crippen molar-refractivity contribution < 1.29 is 24.9 Å². The first kappa shape index (κ1) is 22.8. The number of aliphatic hydroxyl groups excluding tert-OH is 2. The van der Waals surface area contributed by atoms with Gasteiger partial charge < -0.3 is 15.3 Å². The standard InChI is InChI=1S/C21H36O5/c1-3-4-5-8-16(22)11-13-18-17(19(23)14-20(18)24)12-10-15(2)7-6-9-21(25)26/h11,13,15-18,20,22,24H,3-10,12,14H2,1-2H3,(H,25,26)/b13-11+/t15?,16-,17-,18-,20-/m0/s1. The number of carbonyl (C=O) groups is 2. The Morgan fingerprint density at radius 3 is 2.62 bits per heavy atom. The number of carboxylic acids is 1. The highest BCUT2D eigenvalue weighted by molar-refractivity contribution is 5.84. The minimum atomic E-state index is -0.769. The van der Waals surface area contributed by atoms with Crippen molar-refractivity contribution in [2.45, 2.75) is 90.3 Å². The van der Waals surface area contributed by atoms with Gasteiger partial charge in [-0.3, -0.25) is 9.59 Å². The summed E-state index contributed by atoms with van der Waals surface area (Å²) in [6, 6.07) is 0. The molecule has 0 aromatic carbocycles. The molecule has 5 nitrogen and oxygen atoms in total. The van der Waals surface area contributed by atoms with E-state index in [4.69, 9.17) is 5.11 Å². The summed E-state index contributed by atoms with van der Waals surface area (Å²) in [4.78, 5) is 22.8. The Hall–Kier alpha value is -1.20. The van der Waals surface area contributed by atoms with Gasteiger partial charge in [-0.25, -0.2) is 0 Å². The molecule has 1 fully saturated rings. The van der Waals surface area contributed by atoms with E-state index in [2.05, 4.69) is 13.8 Å². The van der Waals surface area contributed by atoms with E-state index in [1.165, 1.54) is 0 Å². The fourth-order valence-electron chi connectivity index (χ4n) is 3.76. The highest BCUT2D eigenvalue weighted by atomic mass is 16.4. The summed E-state index contributed by atoms with van der Waals surface area (Å²) in [7, 11) is 0. The average molecular weight is 369 g/mol. The fourth-order valence-corrected chi connectivity index (χ4v) is 3.76. The van der Waals surface area contributed by atoms with Crippen LogP contribution in [0, 0.1) is 17.8 Å². The van der Waals surface area contributed by atoms with Crippen molar-refractivity contribution in [3.05, 3.63) is 12.2 Å². The molecule has 1 aliphatic carbocycles. The maximum atomic E-state index is 12.2. The third kappa shape index (κ3) is 8.45. The highest BCUT2D eigenvalue weighted by Gasteiger charge is 2.39. The van der Waals surface area contributed by atoms with Gasteiger partial charge in [0.05, 0.1) is 12.2 Å². The SMILES string of the molecule is CCCCC[C@H](O)/C=C/[C@H]1[C@H](CCC(C)CCCC(=O)O)C(=O)C[C@@H]1O. The first-order valence-electron chi connectivity index (χ1n) is 10.1. The van der Waals surface area contributed by atoms with Crippen LogP contribution >= 0.6 is 0 Å². The largest absolute Gasteiger partial charge is 0.481 e. The van der Waals surface area contributed by atoms with Crippen LogP contribution in [-0.4, -0.2) is 39.3 Å². The van der Waals surface area contributed by atoms with Crippen molar-refractivity contribution in [2.75, 3.05) is 0 Å². The molecule has 0 aliphatic heterocycles. The van der Waals surface area contributed by atoms with Crippen LogP contribution < -0.4 is 0 Å². The molecule has 0 bridgehead atoms. The van der Waals surface area contributed by atoms with Crippen molar-refractivity contribution in [3.8, 4) is 0 Å². The van der Waals surface area contributed by atoms with Gasteiger partial charge in [0.2, 0.25) is 0 Å². The van der Waals surface area contributed by atoms with Crippen LogP contribution in [0.15, 0.2) is 12.2 Å². The molecule has 0 radical (unpaired) electrons. The van der Waals surface area contributed by atoms with E-state index in [0.29, 0.717) is 25.2 Å². The summed E-state index contributed by atoms with van der Waals surface area (Å²) in [6.07, 6.45) is 9.75. The van der Waals surface area contributed by atoms with Gasteiger partial charge in [-0.2, -0.15) is 0 Å². The molecule has 150 valence electrons. The van der Waals surface area contributed by atoms with Crippen LogP contribution in [0.5, 0.6) is 0 Å². The topological polar surface area (TPSA) is 94.8 Å². The summed E-state index contributed by atoms with van der Waals surface area (Å²) < 4.78 is 0. The molecule has 0 spiro atoms. The Morgan fingerprint density at radius 2 is 1.96 bits per heavy atom. The van der Waals surface area contributed by atoms with E-state index in [0.717, 1.165) is 32.1 Å². The molecule has 1 aliphatic rings. The maximum absolute atomic E-state index is 12.2. The fraction of sp³-hybridized carbons (Fsp3) is 0.810. The number of Topliss-reactive ketones (excluding diaryl/α,β-unsaturated/α-hetero) is 1. The molecule has 0 amide bonds. The Balaban J connectivity index is 2.48. The monoisotopic (exact) mass is 368 g/mol. The predicted molar refractivity (Wildman–Crippen MR) is 102 cm³/mol. The Bertz CT molecular complexity index is 459. The molecule has 3 N–H and O–H groups in total. The molecule has 0 saturated heterocycles. The Morgan fingerprint density at radius 1 is 1.23 bits per heavy atom. The molecule has 5 atom stereocenters. The predicted octanol–water partition coefficient (Wildman–Crippen LogP) is 3.72. The van der Waals surface area contributed by atoms with Gasteiger partial charge in [0.15, 0.2) is 0 Å². The smallest absolute Gasteiger partial charge is 0.303 e. The normalized spacial score (nSPS) is 25.7. The van der Waals surface area contributed by atoms with Crippen molar-refractivity contribution in [1.29, 1.82) is 0 Å². The summed E-state index contributed by atoms with van der Waals surface area (Å²) >= 11 is 0. The second-order valence-corrected chi connectivity index (χ2v) is 7.84. The van der Waals surface area contributed by atoms with E-state index < -0.39 is 18.2 Å². The summed E-state index contributed by atoms with van der Waals surface area (Å²) in [6.45, 7) is 4.20. The molecule has 0 aromatic heterocycles. The Kier molecular flexibility index (Phi) is 10.7. The van der Waals surface area contributed by atoms with Crippen molar-refractivity contribution in [3.63, 3.8) is 0 Å². The van der Waals surface area contributed by atoms with Crippen LogP contribution in [0.3, 0.4) is 0 Å². The second kappa shape index (κ2) is 12.2. The zero-order valence-corrected chi connectivity index (χ0v) is 16.3. The van der Waals surface area contributed by atoms with E-state index in [-0.39, 0.29) is 30.5 Å². The molecule has 0 heterocycles. The first-order valence-corrected chi connectivity index (χ1v) is 10.1. The van der Waals surface area contributed by atoms with Gasteiger partial charge in [0, 0.05) is 24.7 Å². The van der Waals surface area contributed by atoms with Crippen LogP contribution in [0.4, 0.5) is 0 Å². The number of unbranched alkanes of at least 4 members (excludes halogenated alkanes) is 2. The van der Waals surface area contributed by atoms with E-state index in [1.54, 1.807) is 6.08 Å². The zero-order valence-electron chi connectivity index (χ0n) is 16.3. The van der Waals surface area contributed by atoms with Crippen LogP contribution in [-0.2, 0) is 9.59 Å². The van der Waals surface area contributed by atoms with Gasteiger partial charge in [-0.05, 0) is 31.6 Å². The molecule has 0 aromatic rings. The van der Waals surface area contributed by atoms with E-state index in [1.807, 2.05) is 6.08 Å². The summed E-state index contributed by atoms with van der Waals surface area (Å²) in [5.41, 5.74) is 0. The summed E-state index contributed by atoms with van der Waals surface area (Å²) in [5, 5.41) is 28.9. The number of hydrogen-bond acceptors (Lipinski definition) is 4. The first-order chi connectivity index (χ1) is 12.3. The summed E-state index contributed by atoms with van der Waals surface area (Å²) in [5.74, 6) is -0.705. The maximum Gasteiger partial charge on any atom is 0.303 e. The number of hydrogen-bond donors (Lipinski definition) is 3. The third-order valence-corrected chi connectivity index (χ3v) is 5.45. The number of aliphatic hydroxyl groups is 2. The van der Waals surface area contributed by atoms with Crippen molar-refractivity contribution >= 4 is 11.8 Å². The molecular formula is C21H36O5. The van der Waals surface area contributed by atoms with E-state index >= 15 is 0 Å². The minimum Gasteiger partial charge on any atom is -0.481 e. The molecule has 1 unspecified atom stereocenters. The van der Waals surface area contributed by atoms with Crippen LogP contribution in [0.25, 0.3) is 0 Å². The molecular weight excluding hydrogens is 332 g/mol. The van der Waals surface area contributed by atoms with Gasteiger partial charge in [-0.1, -0.05) is 51.7 Å². The van der Waals surface area contributed by atoms with Crippen molar-refractivity contribution in [2.24, 2.45) is 17.8 Å². The molecule has 1 rings (SSSR count). The average Bonchev–Trinajstić information content (AvgIpc) is 2.84. The quantitative estimate of drug-likeness (QED) is 0.340. The lowest BCUT2D eigenvalue weighted by Crippen LogP contribution is -2.20. The third-order valence-electron chi connectivity index (χ3n) is 5.45. The zero-order chi connectivity index (χ0) is 19.5. The number of aliphatic carboxylic acids is 1. The highest BCUT2D eigenvalue weighted by Crippen LogP contribution is 2.35. The lowest BCUT2D eigenvalue weighted by Gasteiger charge is -2.20. The minimum absolute atomic E-state index is 0.102. The number of carbonyl (C=O) groups excluding carboxylic acids is 1. The lowest BCUT2D eigenvalue weighted by atomic mass is 9.86. The van der Waals surface area contributed by atoms with Crippen LogP contribution in [0.1, 0.15) is 78.1 Å². The van der Waals surface area contributed by atoms with Crippen molar-refractivity contribution in [1.82, 2.24) is 0 Å². The van der Waals surface area contributed by atoms with Gasteiger partial charge >= 0.3 is 5.97 Å². The van der Waals surface area contributed by atoms with Gasteiger partial charge in [0.1, 0.15) is 5.78 Å². The Labute approximate surface area is 157 Å². The van der Waals surface area contributed by atoms with Gasteiger partial charge in [-0.15, -0.1) is 0 Å². The molecule has 5 heteroatoms. The van der Waals surface area contributed by atoms with Gasteiger partial charge in [0.25, 0.3) is 0 Å². The lowest BCUT2D eigenvalue weighted by molar-refractivity contribution is -0.137. The molecule has 26 heavy (non-hydrogen) atoms.